The summed E-state index contributed by atoms with van der Waals surface area (Å²) >= 11 is 0. The van der Waals surface area contributed by atoms with Gasteiger partial charge in [0.2, 0.25) is 0 Å². The van der Waals surface area contributed by atoms with Crippen molar-refractivity contribution in [2.24, 2.45) is 0 Å². The predicted molar refractivity (Wildman–Crippen MR) is 132 cm³/mol. The minimum Gasteiger partial charge on any atom is -0.457 e. The molecule has 0 heterocycles. The standard InChI is InChI=1S/C27H24O2.2CH2O/c1-3-10-24(11-4-1)28-26-18-14-22(15-19-26)8-7-9-23-16-20-27(21-17-23)29-25-12-5-2-6-13-25;2*1-2/h1-6,10-21H,7-9H2;2*1H2. The maximum atomic E-state index is 8.00. The van der Waals surface area contributed by atoms with Crippen LogP contribution in [0.1, 0.15) is 17.5 Å². The smallest absolute Gasteiger partial charge is 0.127 e. The topological polar surface area (TPSA) is 52.6 Å². The zero-order valence-corrected chi connectivity index (χ0v) is 18.6. The molecule has 0 fully saturated rings. The van der Waals surface area contributed by atoms with Crippen LogP contribution in [0.15, 0.2) is 109 Å². The third-order valence-electron chi connectivity index (χ3n) is 4.74. The highest BCUT2D eigenvalue weighted by Crippen LogP contribution is 2.23. The number of hydrogen-bond acceptors (Lipinski definition) is 4. The van der Waals surface area contributed by atoms with Crippen LogP contribution in [0.5, 0.6) is 23.0 Å². The molecule has 33 heavy (non-hydrogen) atoms. The molecular weight excluding hydrogens is 412 g/mol. The predicted octanol–water partition coefficient (Wildman–Crippen LogP) is 7.08. The molecule has 0 aliphatic heterocycles. The number of carbonyl (C=O) groups excluding carboxylic acids is 2. The van der Waals surface area contributed by atoms with Crippen LogP contribution in [0.4, 0.5) is 0 Å². The first-order valence-corrected chi connectivity index (χ1v) is 10.6. The highest BCUT2D eigenvalue weighted by Gasteiger charge is 2.01. The zero-order chi connectivity index (χ0) is 23.7. The van der Waals surface area contributed by atoms with Gasteiger partial charge in [0, 0.05) is 0 Å². The van der Waals surface area contributed by atoms with Gasteiger partial charge in [-0.15, -0.1) is 0 Å². The molecular formula is C29H28O4. The van der Waals surface area contributed by atoms with Crippen LogP contribution in [-0.4, -0.2) is 13.6 Å². The summed E-state index contributed by atoms with van der Waals surface area (Å²) in [5.41, 5.74) is 2.66. The Morgan fingerprint density at radius 2 is 0.727 bits per heavy atom. The SMILES string of the molecule is C=O.C=O.c1ccc(Oc2ccc(CCCc3ccc(Oc4ccccc4)cc3)cc2)cc1. The second-order valence-corrected chi connectivity index (χ2v) is 6.97. The van der Waals surface area contributed by atoms with Crippen LogP contribution >= 0.6 is 0 Å². The van der Waals surface area contributed by atoms with E-state index in [9.17, 15) is 0 Å². The molecule has 0 atom stereocenters. The number of aryl methyl sites for hydroxylation is 2. The monoisotopic (exact) mass is 440 g/mol. The van der Waals surface area contributed by atoms with Crippen LogP contribution in [-0.2, 0) is 22.4 Å². The molecule has 0 unspecified atom stereocenters. The average molecular weight is 441 g/mol. The second kappa shape index (κ2) is 14.8. The maximum absolute atomic E-state index is 8.00. The van der Waals surface area contributed by atoms with Gasteiger partial charge in [-0.05, 0) is 78.9 Å². The first-order chi connectivity index (χ1) is 16.3. The van der Waals surface area contributed by atoms with Gasteiger partial charge in [0.1, 0.15) is 36.6 Å². The zero-order valence-electron chi connectivity index (χ0n) is 18.6. The average Bonchev–Trinajstić information content (AvgIpc) is 2.90. The van der Waals surface area contributed by atoms with E-state index in [0.29, 0.717) is 0 Å². The molecule has 4 aromatic rings. The molecule has 4 heteroatoms. The molecule has 0 amide bonds. The largest absolute Gasteiger partial charge is 0.457 e. The summed E-state index contributed by atoms with van der Waals surface area (Å²) in [7, 11) is 0. The molecule has 168 valence electrons. The number of benzene rings is 4. The lowest BCUT2D eigenvalue weighted by Gasteiger charge is -2.08. The number of rotatable bonds is 8. The van der Waals surface area contributed by atoms with Crippen LogP contribution in [0.25, 0.3) is 0 Å². The molecule has 4 aromatic carbocycles. The van der Waals surface area contributed by atoms with Gasteiger partial charge >= 0.3 is 0 Å². The third kappa shape index (κ3) is 8.83. The molecule has 0 bridgehead atoms. The lowest BCUT2D eigenvalue weighted by Crippen LogP contribution is -1.91. The number of hydrogen-bond donors (Lipinski definition) is 0. The fourth-order valence-electron chi connectivity index (χ4n) is 3.19. The lowest BCUT2D eigenvalue weighted by atomic mass is 10.0. The van der Waals surface area contributed by atoms with E-state index in [4.69, 9.17) is 19.1 Å². The van der Waals surface area contributed by atoms with E-state index in [2.05, 4.69) is 24.3 Å². The Hall–Kier alpha value is -4.18. The molecule has 0 saturated carbocycles. The van der Waals surface area contributed by atoms with Gasteiger partial charge in [0.05, 0.1) is 0 Å². The molecule has 4 rings (SSSR count). The first kappa shape index (κ1) is 25.1. The molecule has 0 spiro atoms. The van der Waals surface area contributed by atoms with Crippen molar-refractivity contribution in [3.8, 4) is 23.0 Å². The van der Waals surface area contributed by atoms with Crippen molar-refractivity contribution in [2.75, 3.05) is 0 Å². The quantitative estimate of drug-likeness (QED) is 0.294. The van der Waals surface area contributed by atoms with Crippen LogP contribution in [0.3, 0.4) is 0 Å². The Morgan fingerprint density at radius 3 is 1.06 bits per heavy atom. The Kier molecular flexibility index (Phi) is 11.2. The van der Waals surface area contributed by atoms with Gasteiger partial charge in [-0.2, -0.15) is 0 Å². The minimum atomic E-state index is 0.861. The van der Waals surface area contributed by atoms with Crippen molar-refractivity contribution in [2.45, 2.75) is 19.3 Å². The molecule has 0 saturated heterocycles. The van der Waals surface area contributed by atoms with Crippen LogP contribution in [0.2, 0.25) is 0 Å². The van der Waals surface area contributed by atoms with E-state index in [1.807, 2.05) is 98.5 Å². The van der Waals surface area contributed by atoms with E-state index >= 15 is 0 Å². The molecule has 0 aliphatic rings. The molecule has 0 N–H and O–H groups in total. The van der Waals surface area contributed by atoms with E-state index in [-0.39, 0.29) is 0 Å². The Labute approximate surface area is 195 Å². The summed E-state index contributed by atoms with van der Waals surface area (Å²) in [5.74, 6) is 3.46. The van der Waals surface area contributed by atoms with E-state index < -0.39 is 0 Å². The maximum Gasteiger partial charge on any atom is 0.127 e. The van der Waals surface area contributed by atoms with Crippen molar-refractivity contribution in [3.63, 3.8) is 0 Å². The Bertz CT molecular complexity index is 943. The Balaban J connectivity index is 0.000000914. The van der Waals surface area contributed by atoms with Gasteiger partial charge in [-0.3, -0.25) is 0 Å². The molecule has 0 aromatic heterocycles. The summed E-state index contributed by atoms with van der Waals surface area (Å²) in [5, 5.41) is 0. The van der Waals surface area contributed by atoms with Gasteiger partial charge in [-0.1, -0.05) is 60.7 Å². The molecule has 0 radical (unpaired) electrons. The van der Waals surface area contributed by atoms with Crippen LogP contribution in [0, 0.1) is 0 Å². The number of para-hydroxylation sites is 2. The summed E-state index contributed by atoms with van der Waals surface area (Å²) in [6.45, 7) is 4.00. The summed E-state index contributed by atoms with van der Waals surface area (Å²) in [6.07, 6.45) is 3.21. The van der Waals surface area contributed by atoms with Crippen molar-refractivity contribution < 1.29 is 19.1 Å². The number of carbonyl (C=O) groups is 2. The summed E-state index contributed by atoms with van der Waals surface area (Å²) < 4.78 is 11.7. The second-order valence-electron chi connectivity index (χ2n) is 6.97. The summed E-state index contributed by atoms with van der Waals surface area (Å²) in [6, 6.07) is 36.5. The lowest BCUT2D eigenvalue weighted by molar-refractivity contribution is -0.0987. The first-order valence-electron chi connectivity index (χ1n) is 10.6. The van der Waals surface area contributed by atoms with E-state index in [1.165, 1.54) is 11.1 Å². The highest BCUT2D eigenvalue weighted by atomic mass is 16.5. The van der Waals surface area contributed by atoms with Gasteiger partial charge in [-0.25, -0.2) is 0 Å². The van der Waals surface area contributed by atoms with Crippen molar-refractivity contribution >= 4 is 13.6 Å². The fraction of sp³-hybridized carbons (Fsp3) is 0.103. The van der Waals surface area contributed by atoms with Gasteiger partial charge in [0.25, 0.3) is 0 Å². The van der Waals surface area contributed by atoms with Gasteiger partial charge < -0.3 is 19.1 Å². The summed E-state index contributed by atoms with van der Waals surface area (Å²) in [4.78, 5) is 16.0. The molecule has 4 nitrogen and oxygen atoms in total. The van der Waals surface area contributed by atoms with E-state index in [1.54, 1.807) is 0 Å². The fourth-order valence-corrected chi connectivity index (χ4v) is 3.19. The van der Waals surface area contributed by atoms with Crippen molar-refractivity contribution in [1.29, 1.82) is 0 Å². The van der Waals surface area contributed by atoms with Crippen LogP contribution < -0.4 is 9.47 Å². The van der Waals surface area contributed by atoms with Gasteiger partial charge in [0.15, 0.2) is 0 Å². The number of ether oxygens (including phenoxy) is 2. The van der Waals surface area contributed by atoms with Crippen molar-refractivity contribution in [1.82, 2.24) is 0 Å². The Morgan fingerprint density at radius 1 is 0.424 bits per heavy atom. The highest BCUT2D eigenvalue weighted by molar-refractivity contribution is 5.34. The third-order valence-corrected chi connectivity index (χ3v) is 4.74. The minimum absolute atomic E-state index is 0.861. The normalized spacial score (nSPS) is 9.45. The van der Waals surface area contributed by atoms with E-state index in [0.717, 1.165) is 42.3 Å². The molecule has 0 aliphatic carbocycles. The van der Waals surface area contributed by atoms with Crippen molar-refractivity contribution in [3.05, 3.63) is 120 Å².